The number of para-hydroxylation sites is 2. The van der Waals surface area contributed by atoms with E-state index in [4.69, 9.17) is 4.42 Å². The van der Waals surface area contributed by atoms with E-state index in [0.717, 1.165) is 56.1 Å². The summed E-state index contributed by atoms with van der Waals surface area (Å²) >= 11 is 0. The summed E-state index contributed by atoms with van der Waals surface area (Å²) in [4.78, 5) is 22.6. The second-order valence-electron chi connectivity index (χ2n) is 6.27. The monoisotopic (exact) mass is 316 g/mol. The number of rotatable bonds is 4. The van der Waals surface area contributed by atoms with Crippen LogP contribution in [0, 0.1) is 0 Å². The highest BCUT2D eigenvalue weighted by Crippen LogP contribution is 2.16. The molecule has 0 bridgehead atoms. The van der Waals surface area contributed by atoms with Crippen LogP contribution in [0.1, 0.15) is 12.3 Å². The molecule has 1 fully saturated rings. The number of carbonyl (C=O) groups excluding carboxylic acids is 1. The molecule has 0 N–H and O–H groups in total. The zero-order chi connectivity index (χ0) is 16.2. The van der Waals surface area contributed by atoms with E-state index in [9.17, 15) is 4.79 Å². The molecule has 1 aromatic carbocycles. The summed E-state index contributed by atoms with van der Waals surface area (Å²) < 4.78 is 5.81. The fourth-order valence-corrected chi connectivity index (χ4v) is 2.85. The molecule has 23 heavy (non-hydrogen) atoms. The lowest BCUT2D eigenvalue weighted by molar-refractivity contribution is -0.129. The van der Waals surface area contributed by atoms with Gasteiger partial charge in [0, 0.05) is 27.2 Å². The summed E-state index contributed by atoms with van der Waals surface area (Å²) in [5, 5.41) is 0. The SMILES string of the molecule is CN(C)C(=O)CN1CCCN(Cc2nc3ccccc3o2)CC1. The number of aromatic nitrogens is 1. The Hall–Kier alpha value is -1.92. The highest BCUT2D eigenvalue weighted by atomic mass is 16.3. The van der Waals surface area contributed by atoms with Crippen LogP contribution in [0.2, 0.25) is 0 Å². The van der Waals surface area contributed by atoms with E-state index in [1.54, 1.807) is 19.0 Å². The quantitative estimate of drug-likeness (QED) is 0.854. The van der Waals surface area contributed by atoms with Crippen LogP contribution in [0.3, 0.4) is 0 Å². The van der Waals surface area contributed by atoms with Crippen LogP contribution in [0.5, 0.6) is 0 Å². The molecule has 1 saturated heterocycles. The maximum atomic E-state index is 11.8. The van der Waals surface area contributed by atoms with Crippen LogP contribution in [-0.2, 0) is 11.3 Å². The van der Waals surface area contributed by atoms with E-state index in [-0.39, 0.29) is 5.91 Å². The van der Waals surface area contributed by atoms with E-state index in [1.165, 1.54) is 0 Å². The predicted octanol–water partition coefficient (Wildman–Crippen LogP) is 1.42. The summed E-state index contributed by atoms with van der Waals surface area (Å²) in [6.07, 6.45) is 1.06. The van der Waals surface area contributed by atoms with Crippen molar-refractivity contribution in [1.29, 1.82) is 0 Å². The van der Waals surface area contributed by atoms with E-state index in [2.05, 4.69) is 14.8 Å². The average molecular weight is 316 g/mol. The second kappa shape index (κ2) is 7.10. The topological polar surface area (TPSA) is 52.8 Å². The van der Waals surface area contributed by atoms with Crippen molar-refractivity contribution in [3.05, 3.63) is 30.2 Å². The van der Waals surface area contributed by atoms with Crippen molar-refractivity contribution in [1.82, 2.24) is 19.7 Å². The Morgan fingerprint density at radius 3 is 2.70 bits per heavy atom. The van der Waals surface area contributed by atoms with Gasteiger partial charge in [-0.05, 0) is 31.6 Å². The highest BCUT2D eigenvalue weighted by Gasteiger charge is 2.19. The van der Waals surface area contributed by atoms with Crippen molar-refractivity contribution in [2.24, 2.45) is 0 Å². The van der Waals surface area contributed by atoms with E-state index < -0.39 is 0 Å². The normalized spacial score (nSPS) is 17.3. The molecule has 0 unspecified atom stereocenters. The molecule has 0 radical (unpaired) electrons. The summed E-state index contributed by atoms with van der Waals surface area (Å²) in [5.74, 6) is 0.932. The van der Waals surface area contributed by atoms with Gasteiger partial charge in [0.15, 0.2) is 5.58 Å². The van der Waals surface area contributed by atoms with Gasteiger partial charge in [-0.2, -0.15) is 0 Å². The van der Waals surface area contributed by atoms with Crippen LogP contribution in [0.15, 0.2) is 28.7 Å². The molecule has 3 rings (SSSR count). The number of nitrogens with zero attached hydrogens (tertiary/aromatic N) is 4. The van der Waals surface area contributed by atoms with Gasteiger partial charge < -0.3 is 9.32 Å². The van der Waals surface area contributed by atoms with Crippen LogP contribution in [0.4, 0.5) is 0 Å². The lowest BCUT2D eigenvalue weighted by atomic mass is 10.3. The molecule has 1 amide bonds. The van der Waals surface area contributed by atoms with Crippen molar-refractivity contribution >= 4 is 17.0 Å². The van der Waals surface area contributed by atoms with Crippen molar-refractivity contribution < 1.29 is 9.21 Å². The molecular weight excluding hydrogens is 292 g/mol. The molecule has 6 heteroatoms. The molecule has 0 spiro atoms. The van der Waals surface area contributed by atoms with Crippen LogP contribution >= 0.6 is 0 Å². The number of benzene rings is 1. The van der Waals surface area contributed by atoms with Gasteiger partial charge in [0.25, 0.3) is 0 Å². The molecule has 0 saturated carbocycles. The molecule has 1 aromatic heterocycles. The Balaban J connectivity index is 1.56. The first kappa shape index (κ1) is 16.0. The van der Waals surface area contributed by atoms with Crippen molar-refractivity contribution in [3.63, 3.8) is 0 Å². The average Bonchev–Trinajstić information content (AvgIpc) is 2.81. The highest BCUT2D eigenvalue weighted by molar-refractivity contribution is 5.77. The zero-order valence-electron chi connectivity index (χ0n) is 13.9. The van der Waals surface area contributed by atoms with Gasteiger partial charge in [-0.15, -0.1) is 0 Å². The lowest BCUT2D eigenvalue weighted by Gasteiger charge is -2.22. The molecule has 1 aliphatic rings. The Kier molecular flexibility index (Phi) is 4.93. The Morgan fingerprint density at radius 2 is 1.91 bits per heavy atom. The van der Waals surface area contributed by atoms with Gasteiger partial charge in [-0.3, -0.25) is 14.6 Å². The fraction of sp³-hybridized carbons (Fsp3) is 0.529. The third-order valence-corrected chi connectivity index (χ3v) is 4.24. The molecule has 0 atom stereocenters. The molecule has 2 heterocycles. The van der Waals surface area contributed by atoms with Crippen molar-refractivity contribution in [3.8, 4) is 0 Å². The minimum absolute atomic E-state index is 0.164. The second-order valence-corrected chi connectivity index (χ2v) is 6.27. The third kappa shape index (κ3) is 4.09. The number of carbonyl (C=O) groups is 1. The molecule has 2 aromatic rings. The summed E-state index contributed by atoms with van der Waals surface area (Å²) in [6, 6.07) is 7.85. The fourth-order valence-electron chi connectivity index (χ4n) is 2.85. The smallest absolute Gasteiger partial charge is 0.236 e. The van der Waals surface area contributed by atoms with Gasteiger partial charge in [0.2, 0.25) is 11.8 Å². The van der Waals surface area contributed by atoms with Gasteiger partial charge in [-0.1, -0.05) is 12.1 Å². The number of fused-ring (bicyclic) bond motifs is 1. The minimum atomic E-state index is 0.164. The van der Waals surface area contributed by atoms with E-state index in [1.807, 2.05) is 24.3 Å². The summed E-state index contributed by atoms with van der Waals surface area (Å²) in [7, 11) is 3.61. The first-order valence-electron chi connectivity index (χ1n) is 8.11. The molecule has 0 aliphatic carbocycles. The number of hydrogen-bond donors (Lipinski definition) is 0. The van der Waals surface area contributed by atoms with E-state index >= 15 is 0 Å². The Labute approximate surface area is 136 Å². The summed E-state index contributed by atoms with van der Waals surface area (Å²) in [6.45, 7) is 5.03. The van der Waals surface area contributed by atoms with Crippen LogP contribution < -0.4 is 0 Å². The first-order chi connectivity index (χ1) is 11.1. The van der Waals surface area contributed by atoms with Crippen molar-refractivity contribution in [2.45, 2.75) is 13.0 Å². The first-order valence-corrected chi connectivity index (χ1v) is 8.11. The van der Waals surface area contributed by atoms with Gasteiger partial charge in [0.05, 0.1) is 13.1 Å². The molecular formula is C17H24N4O2. The van der Waals surface area contributed by atoms with Gasteiger partial charge in [-0.25, -0.2) is 4.98 Å². The van der Waals surface area contributed by atoms with Gasteiger partial charge >= 0.3 is 0 Å². The Morgan fingerprint density at radius 1 is 1.17 bits per heavy atom. The number of amides is 1. The number of oxazole rings is 1. The maximum Gasteiger partial charge on any atom is 0.236 e. The summed E-state index contributed by atoms with van der Waals surface area (Å²) in [5.41, 5.74) is 1.76. The molecule has 1 aliphatic heterocycles. The van der Waals surface area contributed by atoms with Gasteiger partial charge in [0.1, 0.15) is 5.52 Å². The minimum Gasteiger partial charge on any atom is -0.439 e. The number of hydrogen-bond acceptors (Lipinski definition) is 5. The molecule has 124 valence electrons. The number of likely N-dealkylation sites (N-methyl/N-ethyl adjacent to an activating group) is 1. The van der Waals surface area contributed by atoms with Crippen LogP contribution in [-0.4, -0.2) is 72.4 Å². The largest absolute Gasteiger partial charge is 0.439 e. The van der Waals surface area contributed by atoms with Crippen molar-refractivity contribution in [2.75, 3.05) is 46.8 Å². The van der Waals surface area contributed by atoms with E-state index in [0.29, 0.717) is 6.54 Å². The third-order valence-electron chi connectivity index (χ3n) is 4.24. The zero-order valence-corrected chi connectivity index (χ0v) is 13.9. The molecule has 6 nitrogen and oxygen atoms in total. The maximum absolute atomic E-state index is 11.8. The standard InChI is InChI=1S/C17H24N4O2/c1-19(2)17(22)13-21-9-5-8-20(10-11-21)12-16-18-14-6-3-4-7-15(14)23-16/h3-4,6-7H,5,8-13H2,1-2H3. The Bertz CT molecular complexity index is 634. The predicted molar refractivity (Wildman–Crippen MR) is 89.0 cm³/mol. The lowest BCUT2D eigenvalue weighted by Crippen LogP contribution is -2.38. The van der Waals surface area contributed by atoms with Crippen LogP contribution in [0.25, 0.3) is 11.1 Å².